The van der Waals surface area contributed by atoms with E-state index in [2.05, 4.69) is 12.2 Å². The molecule has 0 saturated carbocycles. The van der Waals surface area contributed by atoms with Gasteiger partial charge in [0.1, 0.15) is 0 Å². The van der Waals surface area contributed by atoms with Crippen LogP contribution in [0.2, 0.25) is 5.02 Å². The molecule has 0 bridgehead atoms. The largest absolute Gasteiger partial charge is 0.452 e. The number of nitrogens with one attached hydrogen (secondary N) is 1. The van der Waals surface area contributed by atoms with Crippen molar-refractivity contribution in [3.63, 3.8) is 0 Å². The van der Waals surface area contributed by atoms with Crippen molar-refractivity contribution >= 4 is 29.6 Å². The third-order valence-electron chi connectivity index (χ3n) is 3.72. The number of rotatable bonds is 8. The Balaban J connectivity index is 1.84. The smallest absolute Gasteiger partial charge is 0.331 e. The summed E-state index contributed by atoms with van der Waals surface area (Å²) in [7, 11) is 0. The van der Waals surface area contributed by atoms with Gasteiger partial charge in [-0.05, 0) is 35.8 Å². The van der Waals surface area contributed by atoms with Crippen LogP contribution in [0.25, 0.3) is 6.08 Å². The molecule has 1 N–H and O–H groups in total. The van der Waals surface area contributed by atoms with Gasteiger partial charge in [0, 0.05) is 11.1 Å². The molecule has 0 aliphatic heterocycles. The Labute approximate surface area is 158 Å². The zero-order valence-corrected chi connectivity index (χ0v) is 15.4. The molecule has 0 heterocycles. The Hall–Kier alpha value is -2.59. The molecule has 0 aliphatic rings. The number of halogens is 1. The van der Waals surface area contributed by atoms with Crippen molar-refractivity contribution in [2.75, 3.05) is 6.61 Å². The Kier molecular flexibility index (Phi) is 7.90. The van der Waals surface area contributed by atoms with Crippen LogP contribution in [0.5, 0.6) is 0 Å². The van der Waals surface area contributed by atoms with Crippen LogP contribution >= 0.6 is 11.6 Å². The molecule has 0 aromatic heterocycles. The fraction of sp³-hybridized carbons (Fsp3) is 0.238. The van der Waals surface area contributed by atoms with Crippen LogP contribution in [0.15, 0.2) is 60.7 Å². The van der Waals surface area contributed by atoms with Crippen LogP contribution in [-0.2, 0) is 14.3 Å². The van der Waals surface area contributed by atoms with Gasteiger partial charge in [-0.15, -0.1) is 0 Å². The molecule has 1 amide bonds. The van der Waals surface area contributed by atoms with Crippen molar-refractivity contribution in [3.05, 3.63) is 76.8 Å². The highest BCUT2D eigenvalue weighted by Crippen LogP contribution is 2.18. The van der Waals surface area contributed by atoms with Crippen molar-refractivity contribution in [1.29, 1.82) is 0 Å². The van der Waals surface area contributed by atoms with Crippen molar-refractivity contribution in [2.24, 2.45) is 0 Å². The number of carbonyl (C=O) groups excluding carboxylic acids is 2. The number of ether oxygens (including phenoxy) is 1. The average molecular weight is 372 g/mol. The maximum absolute atomic E-state index is 12.1. The molecule has 4 nitrogen and oxygen atoms in total. The average Bonchev–Trinajstić information content (AvgIpc) is 2.65. The lowest BCUT2D eigenvalue weighted by molar-refractivity contribution is -0.144. The molecule has 0 saturated heterocycles. The Morgan fingerprint density at radius 3 is 2.62 bits per heavy atom. The van der Waals surface area contributed by atoms with Gasteiger partial charge in [0.15, 0.2) is 6.61 Å². The molecule has 0 spiro atoms. The lowest BCUT2D eigenvalue weighted by Gasteiger charge is -2.18. The first kappa shape index (κ1) is 19.7. The minimum Gasteiger partial charge on any atom is -0.452 e. The molecule has 5 heteroatoms. The van der Waals surface area contributed by atoms with Gasteiger partial charge in [-0.25, -0.2) is 4.79 Å². The van der Waals surface area contributed by atoms with E-state index in [0.29, 0.717) is 5.02 Å². The second kappa shape index (κ2) is 10.4. The zero-order chi connectivity index (χ0) is 18.8. The molecular weight excluding hydrogens is 350 g/mol. The zero-order valence-electron chi connectivity index (χ0n) is 14.7. The third kappa shape index (κ3) is 6.73. The molecule has 0 aliphatic carbocycles. The first-order valence-corrected chi connectivity index (χ1v) is 8.91. The number of hydrogen-bond acceptors (Lipinski definition) is 3. The minimum absolute atomic E-state index is 0.0885. The Morgan fingerprint density at radius 1 is 1.15 bits per heavy atom. The van der Waals surface area contributed by atoms with Crippen molar-refractivity contribution in [1.82, 2.24) is 5.32 Å². The van der Waals surface area contributed by atoms with E-state index >= 15 is 0 Å². The Morgan fingerprint density at radius 2 is 1.92 bits per heavy atom. The monoisotopic (exact) mass is 371 g/mol. The van der Waals surface area contributed by atoms with Crippen LogP contribution in [0.3, 0.4) is 0 Å². The normalized spacial score (nSPS) is 11.9. The fourth-order valence-electron chi connectivity index (χ4n) is 2.49. The maximum Gasteiger partial charge on any atom is 0.331 e. The van der Waals surface area contributed by atoms with Crippen LogP contribution in [0, 0.1) is 0 Å². The van der Waals surface area contributed by atoms with E-state index < -0.39 is 5.97 Å². The fourth-order valence-corrected chi connectivity index (χ4v) is 2.69. The summed E-state index contributed by atoms with van der Waals surface area (Å²) in [5.74, 6) is -0.899. The van der Waals surface area contributed by atoms with Gasteiger partial charge >= 0.3 is 5.97 Å². The van der Waals surface area contributed by atoms with Crippen LogP contribution in [0.4, 0.5) is 0 Å². The first-order valence-electron chi connectivity index (χ1n) is 8.53. The van der Waals surface area contributed by atoms with E-state index in [4.69, 9.17) is 16.3 Å². The number of hydrogen-bond donors (Lipinski definition) is 1. The third-order valence-corrected chi connectivity index (χ3v) is 3.96. The van der Waals surface area contributed by atoms with E-state index in [1.54, 1.807) is 24.3 Å². The highest BCUT2D eigenvalue weighted by Gasteiger charge is 2.14. The highest BCUT2D eigenvalue weighted by molar-refractivity contribution is 6.30. The second-order valence-electron chi connectivity index (χ2n) is 5.82. The van der Waals surface area contributed by atoms with Crippen LogP contribution < -0.4 is 5.32 Å². The maximum atomic E-state index is 12.1. The quantitative estimate of drug-likeness (QED) is 0.547. The van der Waals surface area contributed by atoms with Gasteiger partial charge in [0.2, 0.25) is 0 Å². The van der Waals surface area contributed by atoms with Crippen molar-refractivity contribution in [2.45, 2.75) is 25.8 Å². The molecule has 0 fully saturated rings. The van der Waals surface area contributed by atoms with Gasteiger partial charge in [0.25, 0.3) is 5.91 Å². The van der Waals surface area contributed by atoms with E-state index in [-0.39, 0.29) is 18.6 Å². The summed E-state index contributed by atoms with van der Waals surface area (Å²) in [4.78, 5) is 23.9. The summed E-state index contributed by atoms with van der Waals surface area (Å²) in [6.45, 7) is 1.74. The van der Waals surface area contributed by atoms with Crippen LogP contribution in [-0.4, -0.2) is 18.5 Å². The molecule has 0 unspecified atom stereocenters. The van der Waals surface area contributed by atoms with E-state index in [1.807, 2.05) is 36.4 Å². The SMILES string of the molecule is CCC[C@H](NC(=O)COC(=O)/C=C/c1cccc(Cl)c1)c1ccccc1. The predicted molar refractivity (Wildman–Crippen MR) is 104 cm³/mol. The molecule has 26 heavy (non-hydrogen) atoms. The molecule has 1 atom stereocenters. The lowest BCUT2D eigenvalue weighted by atomic mass is 10.0. The highest BCUT2D eigenvalue weighted by atomic mass is 35.5. The van der Waals surface area contributed by atoms with Crippen LogP contribution in [0.1, 0.15) is 36.9 Å². The van der Waals surface area contributed by atoms with E-state index in [9.17, 15) is 9.59 Å². The molecule has 0 radical (unpaired) electrons. The summed E-state index contributed by atoms with van der Waals surface area (Å²) >= 11 is 5.88. The minimum atomic E-state index is -0.577. The van der Waals surface area contributed by atoms with Gasteiger partial charge in [0.05, 0.1) is 6.04 Å². The number of esters is 1. The summed E-state index contributed by atoms with van der Waals surface area (Å²) < 4.78 is 5.00. The van der Waals surface area contributed by atoms with Crippen molar-refractivity contribution < 1.29 is 14.3 Å². The molecule has 2 rings (SSSR count). The van der Waals surface area contributed by atoms with E-state index in [1.165, 1.54) is 6.08 Å². The molecule has 2 aromatic carbocycles. The molecular formula is C21H22ClNO3. The van der Waals surface area contributed by atoms with Gasteiger partial charge < -0.3 is 10.1 Å². The summed E-state index contributed by atoms with van der Waals surface area (Å²) in [5, 5.41) is 3.50. The topological polar surface area (TPSA) is 55.4 Å². The number of carbonyl (C=O) groups is 2. The Bertz CT molecular complexity index is 759. The second-order valence-corrected chi connectivity index (χ2v) is 6.25. The van der Waals surface area contributed by atoms with Gasteiger partial charge in [-0.2, -0.15) is 0 Å². The number of amides is 1. The van der Waals surface area contributed by atoms with E-state index in [0.717, 1.165) is 24.0 Å². The summed E-state index contributed by atoms with van der Waals surface area (Å²) in [6.07, 6.45) is 4.62. The first-order chi connectivity index (χ1) is 12.6. The summed E-state index contributed by atoms with van der Waals surface area (Å²) in [5.41, 5.74) is 1.82. The standard InChI is InChI=1S/C21H22ClNO3/c1-2-7-19(17-9-4-3-5-10-17)23-20(24)15-26-21(25)13-12-16-8-6-11-18(22)14-16/h3-6,8-14,19H,2,7,15H2,1H3,(H,23,24)/b13-12+/t19-/m0/s1. The predicted octanol–water partition coefficient (Wildman–Crippen LogP) is 4.55. The van der Waals surface area contributed by atoms with Gasteiger partial charge in [-0.1, -0.05) is 67.4 Å². The molecule has 2 aromatic rings. The molecule has 136 valence electrons. The summed E-state index contributed by atoms with van der Waals surface area (Å²) in [6, 6.07) is 16.7. The number of benzene rings is 2. The van der Waals surface area contributed by atoms with Gasteiger partial charge in [-0.3, -0.25) is 4.79 Å². The van der Waals surface area contributed by atoms with Crippen molar-refractivity contribution in [3.8, 4) is 0 Å². The lowest BCUT2D eigenvalue weighted by Crippen LogP contribution is -2.32.